The first-order valence-corrected chi connectivity index (χ1v) is 6.16. The standard InChI is InChI=1S/C14H15FN2O/c1-2-3-11(9-16)14(18)17-7-6-10-4-5-12(15)8-13(10)17/h4-5,8,11H,2-3,6-7H2,1H3. The third kappa shape index (κ3) is 2.21. The third-order valence-corrected chi connectivity index (χ3v) is 3.24. The largest absolute Gasteiger partial charge is 0.311 e. The lowest BCUT2D eigenvalue weighted by atomic mass is 10.0. The van der Waals surface area contributed by atoms with Gasteiger partial charge >= 0.3 is 0 Å². The first-order valence-electron chi connectivity index (χ1n) is 6.16. The number of rotatable bonds is 3. The summed E-state index contributed by atoms with van der Waals surface area (Å²) in [6, 6.07) is 6.53. The molecular formula is C14H15FN2O. The highest BCUT2D eigenvalue weighted by atomic mass is 19.1. The molecule has 0 bridgehead atoms. The number of hydrogen-bond donors (Lipinski definition) is 0. The topological polar surface area (TPSA) is 44.1 Å². The minimum Gasteiger partial charge on any atom is -0.311 e. The van der Waals surface area contributed by atoms with Gasteiger partial charge in [-0.3, -0.25) is 4.79 Å². The second-order valence-corrected chi connectivity index (χ2v) is 4.48. The number of amides is 1. The van der Waals surface area contributed by atoms with E-state index in [0.717, 1.165) is 18.4 Å². The molecule has 0 radical (unpaired) electrons. The third-order valence-electron chi connectivity index (χ3n) is 3.24. The average molecular weight is 246 g/mol. The number of halogens is 1. The molecule has 3 nitrogen and oxygen atoms in total. The average Bonchev–Trinajstić information content (AvgIpc) is 2.78. The van der Waals surface area contributed by atoms with Gasteiger partial charge in [0.25, 0.3) is 0 Å². The maximum Gasteiger partial charge on any atom is 0.244 e. The first-order chi connectivity index (χ1) is 8.67. The normalized spacial score (nSPS) is 15.1. The zero-order valence-electron chi connectivity index (χ0n) is 10.3. The van der Waals surface area contributed by atoms with Crippen LogP contribution in [0.25, 0.3) is 0 Å². The Morgan fingerprint density at radius 2 is 2.39 bits per heavy atom. The summed E-state index contributed by atoms with van der Waals surface area (Å²) in [7, 11) is 0. The van der Waals surface area contributed by atoms with Gasteiger partial charge in [-0.05, 0) is 30.5 Å². The second-order valence-electron chi connectivity index (χ2n) is 4.48. The Hall–Kier alpha value is -1.89. The van der Waals surface area contributed by atoms with Crippen molar-refractivity contribution in [3.63, 3.8) is 0 Å². The molecule has 1 unspecified atom stereocenters. The van der Waals surface area contributed by atoms with Gasteiger partial charge in [-0.1, -0.05) is 19.4 Å². The molecule has 1 aromatic rings. The lowest BCUT2D eigenvalue weighted by Gasteiger charge is -2.20. The molecule has 0 saturated heterocycles. The fraction of sp³-hybridized carbons (Fsp3) is 0.429. The molecule has 1 aliphatic rings. The van der Waals surface area contributed by atoms with Crippen molar-refractivity contribution in [2.75, 3.05) is 11.4 Å². The van der Waals surface area contributed by atoms with Crippen LogP contribution in [0.3, 0.4) is 0 Å². The number of anilines is 1. The summed E-state index contributed by atoms with van der Waals surface area (Å²) in [4.78, 5) is 13.8. The van der Waals surface area contributed by atoms with Gasteiger partial charge in [-0.15, -0.1) is 0 Å². The molecule has 1 atom stereocenters. The summed E-state index contributed by atoms with van der Waals surface area (Å²) in [6.07, 6.45) is 2.07. The molecular weight excluding hydrogens is 231 g/mol. The SMILES string of the molecule is CCCC(C#N)C(=O)N1CCc2ccc(F)cc21. The van der Waals surface area contributed by atoms with Crippen LogP contribution < -0.4 is 4.90 Å². The van der Waals surface area contributed by atoms with Gasteiger partial charge in [0.2, 0.25) is 5.91 Å². The Bertz CT molecular complexity index is 507. The molecule has 0 saturated carbocycles. The zero-order chi connectivity index (χ0) is 13.1. The highest BCUT2D eigenvalue weighted by molar-refractivity contribution is 5.98. The second kappa shape index (κ2) is 5.18. The summed E-state index contributed by atoms with van der Waals surface area (Å²) in [5.41, 5.74) is 1.59. The minimum absolute atomic E-state index is 0.205. The molecule has 2 rings (SSSR count). The zero-order valence-corrected chi connectivity index (χ0v) is 10.3. The summed E-state index contributed by atoms with van der Waals surface area (Å²) in [6.45, 7) is 2.48. The van der Waals surface area contributed by atoms with Crippen molar-refractivity contribution in [2.24, 2.45) is 5.92 Å². The number of benzene rings is 1. The highest BCUT2D eigenvalue weighted by Crippen LogP contribution is 2.30. The number of carbonyl (C=O) groups is 1. The molecule has 1 heterocycles. The fourth-order valence-electron chi connectivity index (χ4n) is 2.30. The molecule has 0 aliphatic carbocycles. The van der Waals surface area contributed by atoms with Crippen molar-refractivity contribution < 1.29 is 9.18 Å². The van der Waals surface area contributed by atoms with Gasteiger partial charge in [-0.2, -0.15) is 5.26 Å². The maximum atomic E-state index is 13.2. The lowest BCUT2D eigenvalue weighted by Crippen LogP contribution is -2.34. The molecule has 0 fully saturated rings. The van der Waals surface area contributed by atoms with Crippen molar-refractivity contribution in [3.05, 3.63) is 29.6 Å². The van der Waals surface area contributed by atoms with Crippen LogP contribution in [0.15, 0.2) is 18.2 Å². The Kier molecular flexibility index (Phi) is 3.61. The predicted octanol–water partition coefficient (Wildman–Crippen LogP) is 2.65. The summed E-state index contributed by atoms with van der Waals surface area (Å²) >= 11 is 0. The molecule has 0 spiro atoms. The molecule has 94 valence electrons. The molecule has 0 N–H and O–H groups in total. The maximum absolute atomic E-state index is 13.2. The van der Waals surface area contributed by atoms with Crippen LogP contribution in [-0.2, 0) is 11.2 Å². The number of hydrogen-bond acceptors (Lipinski definition) is 2. The van der Waals surface area contributed by atoms with Gasteiger partial charge in [0.15, 0.2) is 0 Å². The van der Waals surface area contributed by atoms with E-state index in [-0.39, 0.29) is 11.7 Å². The van der Waals surface area contributed by atoms with E-state index in [9.17, 15) is 9.18 Å². The van der Waals surface area contributed by atoms with E-state index < -0.39 is 5.92 Å². The Morgan fingerprint density at radius 1 is 1.61 bits per heavy atom. The van der Waals surface area contributed by atoms with Crippen LogP contribution in [0, 0.1) is 23.1 Å². The Morgan fingerprint density at radius 3 is 3.06 bits per heavy atom. The van der Waals surface area contributed by atoms with Gasteiger partial charge in [0.05, 0.1) is 6.07 Å². The van der Waals surface area contributed by atoms with E-state index in [2.05, 4.69) is 0 Å². The molecule has 18 heavy (non-hydrogen) atoms. The predicted molar refractivity (Wildman–Crippen MR) is 66.5 cm³/mol. The number of nitrogens with zero attached hydrogens (tertiary/aromatic N) is 2. The van der Waals surface area contributed by atoms with E-state index in [0.29, 0.717) is 18.7 Å². The van der Waals surface area contributed by atoms with Gasteiger partial charge in [0, 0.05) is 12.2 Å². The van der Waals surface area contributed by atoms with Crippen LogP contribution >= 0.6 is 0 Å². The van der Waals surface area contributed by atoms with E-state index >= 15 is 0 Å². The smallest absolute Gasteiger partial charge is 0.244 e. The summed E-state index contributed by atoms with van der Waals surface area (Å²) < 4.78 is 13.2. The lowest BCUT2D eigenvalue weighted by molar-refractivity contribution is -0.120. The molecule has 1 aromatic carbocycles. The molecule has 0 aromatic heterocycles. The summed E-state index contributed by atoms with van der Waals surface area (Å²) in [5, 5.41) is 9.02. The Balaban J connectivity index is 2.25. The van der Waals surface area contributed by atoms with Crippen LogP contribution in [0.2, 0.25) is 0 Å². The van der Waals surface area contributed by atoms with Crippen LogP contribution in [0.5, 0.6) is 0 Å². The Labute approximate surface area is 106 Å². The molecule has 1 amide bonds. The van der Waals surface area contributed by atoms with Crippen molar-refractivity contribution in [1.29, 1.82) is 5.26 Å². The molecule has 4 heteroatoms. The quantitative estimate of drug-likeness (QED) is 0.823. The van der Waals surface area contributed by atoms with Crippen molar-refractivity contribution >= 4 is 11.6 Å². The van der Waals surface area contributed by atoms with Crippen molar-refractivity contribution in [3.8, 4) is 6.07 Å². The van der Waals surface area contributed by atoms with Gasteiger partial charge < -0.3 is 4.90 Å². The van der Waals surface area contributed by atoms with Gasteiger partial charge in [0.1, 0.15) is 11.7 Å². The van der Waals surface area contributed by atoms with Crippen molar-refractivity contribution in [1.82, 2.24) is 0 Å². The number of fused-ring (bicyclic) bond motifs is 1. The van der Waals surface area contributed by atoms with Crippen LogP contribution in [0.4, 0.5) is 10.1 Å². The highest BCUT2D eigenvalue weighted by Gasteiger charge is 2.29. The summed E-state index contributed by atoms with van der Waals surface area (Å²) in [5.74, 6) is -1.18. The fourth-order valence-corrected chi connectivity index (χ4v) is 2.30. The molecule has 1 aliphatic heterocycles. The van der Waals surface area contributed by atoms with E-state index in [1.54, 1.807) is 11.0 Å². The van der Waals surface area contributed by atoms with E-state index in [1.807, 2.05) is 13.0 Å². The van der Waals surface area contributed by atoms with Crippen molar-refractivity contribution in [2.45, 2.75) is 26.2 Å². The monoisotopic (exact) mass is 246 g/mol. The van der Waals surface area contributed by atoms with E-state index in [4.69, 9.17) is 5.26 Å². The first kappa shape index (κ1) is 12.6. The van der Waals surface area contributed by atoms with E-state index in [1.165, 1.54) is 12.1 Å². The number of nitriles is 1. The minimum atomic E-state index is -0.621. The van der Waals surface area contributed by atoms with Gasteiger partial charge in [-0.25, -0.2) is 4.39 Å². The number of carbonyl (C=O) groups excluding carboxylic acids is 1. The van der Waals surface area contributed by atoms with Crippen LogP contribution in [-0.4, -0.2) is 12.5 Å². The van der Waals surface area contributed by atoms with Crippen LogP contribution in [0.1, 0.15) is 25.3 Å².